The topological polar surface area (TPSA) is 120 Å². The molecule has 7 rings (SSSR count). The number of methoxy groups -OCH3 is 2. The molecule has 2 atom stereocenters. The van der Waals surface area contributed by atoms with Crippen LogP contribution in [0, 0.1) is 0 Å². The lowest BCUT2D eigenvalue weighted by Crippen LogP contribution is -2.38. The molecule has 3 aliphatic heterocycles. The molecule has 0 saturated carbocycles. The number of nitrogens with zero attached hydrogens (tertiary/aromatic N) is 5. The molecule has 1 saturated heterocycles. The molecule has 0 spiro atoms. The summed E-state index contributed by atoms with van der Waals surface area (Å²) in [6, 6.07) is 13.6. The molecule has 3 aromatic carbocycles. The molecule has 4 heterocycles. The Morgan fingerprint density at radius 1 is 1.18 bits per heavy atom. The highest BCUT2D eigenvalue weighted by Crippen LogP contribution is 2.51. The zero-order chi connectivity index (χ0) is 33.8. The minimum absolute atomic E-state index is 0.0807. The van der Waals surface area contributed by atoms with E-state index in [9.17, 15) is 9.90 Å². The van der Waals surface area contributed by atoms with Gasteiger partial charge in [0.1, 0.15) is 29.2 Å². The van der Waals surface area contributed by atoms with E-state index in [-0.39, 0.29) is 29.5 Å². The van der Waals surface area contributed by atoms with Crippen LogP contribution in [0.3, 0.4) is 0 Å². The van der Waals surface area contributed by atoms with Crippen LogP contribution in [0.1, 0.15) is 39.2 Å². The van der Waals surface area contributed by atoms with E-state index >= 15 is 0 Å². The van der Waals surface area contributed by atoms with Gasteiger partial charge in [0.25, 0.3) is 5.79 Å². The summed E-state index contributed by atoms with van der Waals surface area (Å²) in [4.78, 5) is 18.7. The van der Waals surface area contributed by atoms with Crippen LogP contribution in [0.15, 0.2) is 53.6 Å². The van der Waals surface area contributed by atoms with Crippen LogP contribution >= 0.6 is 11.6 Å². The highest BCUT2D eigenvalue weighted by molar-refractivity contribution is 6.30. The zero-order valence-corrected chi connectivity index (χ0v) is 25.3. The van der Waals surface area contributed by atoms with Gasteiger partial charge < -0.3 is 38.3 Å². The zero-order valence-electron chi connectivity index (χ0n) is 27.5. The van der Waals surface area contributed by atoms with Gasteiger partial charge in [0, 0.05) is 25.1 Å². The molecule has 0 bridgehead atoms. The Morgan fingerprint density at radius 2 is 2.04 bits per heavy atom. The van der Waals surface area contributed by atoms with Crippen molar-refractivity contribution >= 4 is 40.6 Å². The summed E-state index contributed by atoms with van der Waals surface area (Å²) in [6.07, 6.45) is 2.46. The molecule has 0 aliphatic carbocycles. The van der Waals surface area contributed by atoms with Crippen molar-refractivity contribution in [3.05, 3.63) is 70.5 Å². The van der Waals surface area contributed by atoms with Gasteiger partial charge in [0.2, 0.25) is 0 Å². The van der Waals surface area contributed by atoms with Gasteiger partial charge in [-0.25, -0.2) is 9.78 Å². The van der Waals surface area contributed by atoms with Crippen molar-refractivity contribution in [2.45, 2.75) is 38.3 Å². The maximum Gasteiger partial charge on any atom is 0.335 e. The SMILES string of the molecule is [2H]C([2H])([2H])Oc1cc(C(=O)O)cc2c1nc(CN1CCN(c3cccc4c3OC(C)(c3ccc(Cl)cc3OC)O4)C=N1)n2C[C@@H]1CCO1. The molecule has 1 aromatic heterocycles. The standard InChI is InChI=1S/C32H32ClN5O7/c1-32(22-8-7-20(33)15-26(22)41-2)44-25-6-4-5-23(30(25)45-32)36-10-11-37(34-18-36)17-28-35-29-24(38(28)16-21-9-12-43-21)13-19(31(39)40)14-27(29)42-3/h4-8,13-15,18,21H,9-12,16-17H2,1-3H3,(H,39,40)/t21-,32?/m0/s1/i3D3. The second-order valence-electron chi connectivity index (χ2n) is 11.1. The maximum absolute atomic E-state index is 11.9. The van der Waals surface area contributed by atoms with E-state index in [0.717, 1.165) is 12.1 Å². The number of carbonyl (C=O) groups is 1. The van der Waals surface area contributed by atoms with Gasteiger partial charge in [0.05, 0.1) is 66.3 Å². The van der Waals surface area contributed by atoms with E-state index in [1.807, 2.05) is 45.7 Å². The second-order valence-corrected chi connectivity index (χ2v) is 11.5. The predicted molar refractivity (Wildman–Crippen MR) is 167 cm³/mol. The molecule has 0 amide bonds. The predicted octanol–water partition coefficient (Wildman–Crippen LogP) is 5.10. The van der Waals surface area contributed by atoms with E-state index < -0.39 is 18.8 Å². The molecule has 12 nitrogen and oxygen atoms in total. The molecule has 13 heteroatoms. The molecule has 3 aliphatic rings. The lowest BCUT2D eigenvalue weighted by Gasteiger charge is -2.31. The average molecular weight is 637 g/mol. The Hall–Kier alpha value is -4.68. The molecular weight excluding hydrogens is 602 g/mol. The van der Waals surface area contributed by atoms with Gasteiger partial charge in [-0.2, -0.15) is 5.10 Å². The van der Waals surface area contributed by atoms with E-state index in [4.69, 9.17) is 49.5 Å². The van der Waals surface area contributed by atoms with Crippen molar-refractivity contribution in [1.82, 2.24) is 14.6 Å². The Balaban J connectivity index is 1.16. The van der Waals surface area contributed by atoms with Gasteiger partial charge in [-0.15, -0.1) is 0 Å². The Kier molecular flexibility index (Phi) is 6.46. The first kappa shape index (κ1) is 25.6. The number of hydrogen-bond donors (Lipinski definition) is 1. The van der Waals surface area contributed by atoms with E-state index in [0.29, 0.717) is 65.4 Å². The van der Waals surface area contributed by atoms with Gasteiger partial charge >= 0.3 is 5.97 Å². The van der Waals surface area contributed by atoms with Crippen LogP contribution in [0.4, 0.5) is 5.69 Å². The number of carboxylic acids is 1. The molecule has 0 radical (unpaired) electrons. The van der Waals surface area contributed by atoms with Crippen molar-refractivity contribution in [2.75, 3.05) is 38.7 Å². The fourth-order valence-electron chi connectivity index (χ4n) is 5.83. The quantitative estimate of drug-likeness (QED) is 0.266. The summed E-state index contributed by atoms with van der Waals surface area (Å²) < 4.78 is 53.9. The van der Waals surface area contributed by atoms with Gasteiger partial charge in [-0.1, -0.05) is 17.7 Å². The molecule has 45 heavy (non-hydrogen) atoms. The van der Waals surface area contributed by atoms with Crippen molar-refractivity contribution < 1.29 is 37.7 Å². The van der Waals surface area contributed by atoms with Gasteiger partial charge in [-0.05, 0) is 48.9 Å². The first-order valence-corrected chi connectivity index (χ1v) is 14.8. The number of ether oxygens (including phenoxy) is 5. The van der Waals surface area contributed by atoms with Crippen molar-refractivity contribution in [3.63, 3.8) is 0 Å². The van der Waals surface area contributed by atoms with Crippen LogP contribution in [-0.4, -0.2) is 71.9 Å². The van der Waals surface area contributed by atoms with Gasteiger partial charge in [-0.3, -0.25) is 5.01 Å². The Morgan fingerprint density at radius 3 is 2.76 bits per heavy atom. The normalized spacial score (nSPS) is 21.7. The van der Waals surface area contributed by atoms with Crippen LogP contribution in [0.2, 0.25) is 5.02 Å². The van der Waals surface area contributed by atoms with Gasteiger partial charge in [0.15, 0.2) is 11.5 Å². The second kappa shape index (κ2) is 11.4. The number of fused-ring (bicyclic) bond motifs is 2. The number of aromatic nitrogens is 2. The smallest absolute Gasteiger partial charge is 0.335 e. The highest BCUT2D eigenvalue weighted by Gasteiger charge is 2.43. The summed E-state index contributed by atoms with van der Waals surface area (Å²) in [7, 11) is -1.23. The summed E-state index contributed by atoms with van der Waals surface area (Å²) in [5.74, 6) is -0.248. The number of hydrogen-bond acceptors (Lipinski definition) is 10. The molecule has 1 fully saturated rings. The van der Waals surface area contributed by atoms with E-state index in [1.54, 1.807) is 25.6 Å². The van der Waals surface area contributed by atoms with Crippen molar-refractivity contribution in [2.24, 2.45) is 5.10 Å². The largest absolute Gasteiger partial charge is 0.496 e. The van der Waals surface area contributed by atoms with Crippen molar-refractivity contribution in [3.8, 4) is 23.0 Å². The van der Waals surface area contributed by atoms with Crippen LogP contribution in [0.25, 0.3) is 11.0 Å². The number of halogens is 1. The monoisotopic (exact) mass is 636 g/mol. The maximum atomic E-state index is 11.9. The number of hydrazone groups is 1. The molecule has 1 unspecified atom stereocenters. The fraction of sp³-hybridized carbons (Fsp3) is 0.344. The lowest BCUT2D eigenvalue weighted by molar-refractivity contribution is -0.0693. The average Bonchev–Trinajstić information content (AvgIpc) is 3.55. The number of aromatic carboxylic acids is 1. The Bertz CT molecular complexity index is 1930. The number of rotatable bonds is 9. The Labute approximate surface area is 268 Å². The number of anilines is 1. The van der Waals surface area contributed by atoms with Crippen molar-refractivity contribution in [1.29, 1.82) is 0 Å². The summed E-state index contributed by atoms with van der Waals surface area (Å²) >= 11 is 6.19. The highest BCUT2D eigenvalue weighted by atomic mass is 35.5. The molecule has 1 N–H and O–H groups in total. The third-order valence-corrected chi connectivity index (χ3v) is 8.47. The fourth-order valence-corrected chi connectivity index (χ4v) is 5.99. The van der Waals surface area contributed by atoms with E-state index in [1.165, 1.54) is 12.1 Å². The van der Waals surface area contributed by atoms with Crippen LogP contribution in [-0.2, 0) is 23.6 Å². The molecule has 234 valence electrons. The summed E-state index contributed by atoms with van der Waals surface area (Å²) in [5, 5.41) is 16.8. The minimum atomic E-state index is -2.80. The van der Waals surface area contributed by atoms with Crippen LogP contribution in [0.5, 0.6) is 23.0 Å². The number of benzene rings is 3. The first-order valence-electron chi connectivity index (χ1n) is 15.9. The first-order chi connectivity index (χ1) is 22.9. The third kappa shape index (κ3) is 5.23. The van der Waals surface area contributed by atoms with E-state index in [2.05, 4.69) is 0 Å². The van der Waals surface area contributed by atoms with Crippen LogP contribution < -0.4 is 23.8 Å². The number of imidazole rings is 1. The lowest BCUT2D eigenvalue weighted by atomic mass is 10.1. The molecular formula is C32H32ClN5O7. The third-order valence-electron chi connectivity index (χ3n) is 8.23. The minimum Gasteiger partial charge on any atom is -0.496 e. The summed E-state index contributed by atoms with van der Waals surface area (Å²) in [6.45, 7) is 4.19. The summed E-state index contributed by atoms with van der Waals surface area (Å²) in [5.41, 5.74) is 2.05. The molecule has 4 aromatic rings. The number of carboxylic acid groups (broad SMARTS) is 1. The number of para-hydroxylation sites is 1.